The number of carbonyl (C=O) groups is 1. The van der Waals surface area contributed by atoms with Gasteiger partial charge in [0.1, 0.15) is 5.60 Å². The van der Waals surface area contributed by atoms with Crippen molar-refractivity contribution in [3.63, 3.8) is 0 Å². The van der Waals surface area contributed by atoms with E-state index in [9.17, 15) is 13.2 Å². The Morgan fingerprint density at radius 3 is 2.46 bits per heavy atom. The average molecular weight is 374 g/mol. The van der Waals surface area contributed by atoms with Crippen LogP contribution in [0.4, 0.5) is 4.79 Å². The van der Waals surface area contributed by atoms with Crippen molar-refractivity contribution in [2.24, 2.45) is 5.92 Å². The number of amides is 1. The molecule has 0 spiro atoms. The summed E-state index contributed by atoms with van der Waals surface area (Å²) in [6.45, 7) is 6.28. The summed E-state index contributed by atoms with van der Waals surface area (Å²) in [6, 6.07) is 9.76. The van der Waals surface area contributed by atoms with Crippen LogP contribution in [0.3, 0.4) is 0 Å². The lowest BCUT2D eigenvalue weighted by Crippen LogP contribution is -2.46. The standard InChI is InChI=1S/C17H24ClNO4S/c1-17(2,3)23-16(20)19-10-9-15(13-7-5-4-6-8-13)14(11-19)12-24(18,21)22/h4-8,14-15H,9-12H2,1-3H3. The maximum atomic E-state index is 12.3. The number of piperidine rings is 1. The van der Waals surface area contributed by atoms with Gasteiger partial charge in [0, 0.05) is 23.8 Å². The Balaban J connectivity index is 2.18. The normalized spacial score (nSPS) is 22.2. The van der Waals surface area contributed by atoms with Gasteiger partial charge in [-0.05, 0) is 44.6 Å². The predicted molar refractivity (Wildman–Crippen MR) is 94.7 cm³/mol. The fourth-order valence-corrected chi connectivity index (χ4v) is 4.42. The predicted octanol–water partition coefficient (Wildman–Crippen LogP) is 3.60. The van der Waals surface area contributed by atoms with Gasteiger partial charge < -0.3 is 9.64 Å². The molecule has 0 bridgehead atoms. The van der Waals surface area contributed by atoms with Crippen molar-refractivity contribution in [3.8, 4) is 0 Å². The molecule has 2 atom stereocenters. The SMILES string of the molecule is CC(C)(C)OC(=O)N1CCC(c2ccccc2)C(CS(=O)(=O)Cl)C1. The highest BCUT2D eigenvalue weighted by Gasteiger charge is 2.36. The summed E-state index contributed by atoms with van der Waals surface area (Å²) in [6.07, 6.45) is 0.270. The van der Waals surface area contributed by atoms with Crippen LogP contribution < -0.4 is 0 Å². The molecule has 0 saturated carbocycles. The quantitative estimate of drug-likeness (QED) is 0.759. The Morgan fingerprint density at radius 2 is 1.92 bits per heavy atom. The molecule has 2 rings (SSSR count). The third-order valence-corrected chi connectivity index (χ3v) is 5.23. The Hall–Kier alpha value is -1.27. The van der Waals surface area contributed by atoms with E-state index in [4.69, 9.17) is 15.4 Å². The molecule has 5 nitrogen and oxygen atoms in total. The topological polar surface area (TPSA) is 63.7 Å². The van der Waals surface area contributed by atoms with Gasteiger partial charge in [0.2, 0.25) is 9.05 Å². The zero-order chi connectivity index (χ0) is 18.0. The first-order valence-electron chi connectivity index (χ1n) is 8.00. The summed E-state index contributed by atoms with van der Waals surface area (Å²) in [5.74, 6) is -0.359. The monoisotopic (exact) mass is 373 g/mol. The number of ether oxygens (including phenoxy) is 1. The minimum absolute atomic E-state index is 0.0541. The molecule has 1 heterocycles. The molecule has 1 aliphatic heterocycles. The molecule has 1 fully saturated rings. The Kier molecular flexibility index (Phi) is 5.81. The number of benzene rings is 1. The molecule has 2 unspecified atom stereocenters. The van der Waals surface area contributed by atoms with Crippen LogP contribution in [0.1, 0.15) is 38.7 Å². The first-order chi connectivity index (χ1) is 11.1. The summed E-state index contributed by atoms with van der Waals surface area (Å²) < 4.78 is 28.6. The van der Waals surface area contributed by atoms with Crippen LogP contribution in [0.2, 0.25) is 0 Å². The van der Waals surface area contributed by atoms with Crippen LogP contribution in [0.15, 0.2) is 30.3 Å². The summed E-state index contributed by atoms with van der Waals surface area (Å²) in [4.78, 5) is 13.9. The lowest BCUT2D eigenvalue weighted by molar-refractivity contribution is 0.0157. The summed E-state index contributed by atoms with van der Waals surface area (Å²) in [5.41, 5.74) is 0.494. The van der Waals surface area contributed by atoms with Gasteiger partial charge in [-0.3, -0.25) is 0 Å². The molecule has 1 aliphatic rings. The fraction of sp³-hybridized carbons (Fsp3) is 0.588. The zero-order valence-corrected chi connectivity index (χ0v) is 15.8. The number of halogens is 1. The maximum absolute atomic E-state index is 12.3. The van der Waals surface area contributed by atoms with Gasteiger partial charge in [-0.1, -0.05) is 30.3 Å². The molecule has 1 aromatic carbocycles. The molecule has 1 saturated heterocycles. The molecule has 0 radical (unpaired) electrons. The van der Waals surface area contributed by atoms with E-state index in [-0.39, 0.29) is 17.6 Å². The minimum Gasteiger partial charge on any atom is -0.444 e. The number of hydrogen-bond donors (Lipinski definition) is 0. The lowest BCUT2D eigenvalue weighted by atomic mass is 9.81. The third-order valence-electron chi connectivity index (χ3n) is 4.03. The molecule has 0 N–H and O–H groups in total. The molecule has 0 aromatic heterocycles. The molecule has 1 aromatic rings. The number of nitrogens with zero attached hydrogens (tertiary/aromatic N) is 1. The lowest BCUT2D eigenvalue weighted by Gasteiger charge is -2.38. The Morgan fingerprint density at radius 1 is 1.29 bits per heavy atom. The van der Waals surface area contributed by atoms with Crippen molar-refractivity contribution < 1.29 is 17.9 Å². The highest BCUT2D eigenvalue weighted by Crippen LogP contribution is 2.35. The van der Waals surface area contributed by atoms with E-state index < -0.39 is 20.7 Å². The first kappa shape index (κ1) is 19.1. The van der Waals surface area contributed by atoms with Crippen LogP contribution >= 0.6 is 10.7 Å². The maximum Gasteiger partial charge on any atom is 0.410 e. The molecule has 24 heavy (non-hydrogen) atoms. The molecule has 1 amide bonds. The average Bonchev–Trinajstić information content (AvgIpc) is 2.44. The zero-order valence-electron chi connectivity index (χ0n) is 14.2. The molecular weight excluding hydrogens is 350 g/mol. The fourth-order valence-electron chi connectivity index (χ4n) is 3.09. The van der Waals surface area contributed by atoms with Crippen molar-refractivity contribution >= 4 is 25.8 Å². The van der Waals surface area contributed by atoms with Crippen molar-refractivity contribution in [3.05, 3.63) is 35.9 Å². The van der Waals surface area contributed by atoms with Crippen LogP contribution in [0, 0.1) is 5.92 Å². The number of rotatable bonds is 3. The minimum atomic E-state index is -3.66. The van der Waals surface area contributed by atoms with Crippen LogP contribution in [-0.4, -0.2) is 43.9 Å². The van der Waals surface area contributed by atoms with E-state index in [1.54, 1.807) is 4.90 Å². The Labute approximate surface area is 148 Å². The molecular formula is C17H24ClNO4S. The van der Waals surface area contributed by atoms with Gasteiger partial charge in [-0.25, -0.2) is 13.2 Å². The van der Waals surface area contributed by atoms with Gasteiger partial charge in [0.25, 0.3) is 0 Å². The van der Waals surface area contributed by atoms with Gasteiger partial charge in [0.15, 0.2) is 0 Å². The second-order valence-electron chi connectivity index (χ2n) is 7.20. The number of hydrogen-bond acceptors (Lipinski definition) is 4. The van der Waals surface area contributed by atoms with E-state index >= 15 is 0 Å². The van der Waals surface area contributed by atoms with E-state index in [2.05, 4.69) is 0 Å². The van der Waals surface area contributed by atoms with Crippen LogP contribution in [-0.2, 0) is 13.8 Å². The number of likely N-dealkylation sites (tertiary alicyclic amines) is 1. The van der Waals surface area contributed by atoms with Gasteiger partial charge in [-0.15, -0.1) is 0 Å². The Bertz CT molecular complexity index is 670. The molecule has 134 valence electrons. The second kappa shape index (κ2) is 7.31. The van der Waals surface area contributed by atoms with E-state index in [0.717, 1.165) is 5.56 Å². The van der Waals surface area contributed by atoms with Crippen molar-refractivity contribution in [1.82, 2.24) is 4.90 Å². The van der Waals surface area contributed by atoms with E-state index in [0.29, 0.717) is 19.5 Å². The number of carbonyl (C=O) groups excluding carboxylic acids is 1. The summed E-state index contributed by atoms with van der Waals surface area (Å²) in [7, 11) is 1.84. The van der Waals surface area contributed by atoms with Crippen LogP contribution in [0.25, 0.3) is 0 Å². The van der Waals surface area contributed by atoms with Crippen molar-refractivity contribution in [1.29, 1.82) is 0 Å². The first-order valence-corrected chi connectivity index (χ1v) is 10.5. The van der Waals surface area contributed by atoms with E-state index in [1.807, 2.05) is 51.1 Å². The highest BCUT2D eigenvalue weighted by molar-refractivity contribution is 8.13. The third kappa shape index (κ3) is 5.67. The smallest absolute Gasteiger partial charge is 0.410 e. The van der Waals surface area contributed by atoms with Crippen molar-refractivity contribution in [2.45, 2.75) is 38.7 Å². The van der Waals surface area contributed by atoms with Gasteiger partial charge >= 0.3 is 6.09 Å². The van der Waals surface area contributed by atoms with Gasteiger partial charge in [-0.2, -0.15) is 0 Å². The highest BCUT2D eigenvalue weighted by atomic mass is 35.7. The largest absolute Gasteiger partial charge is 0.444 e. The second-order valence-corrected chi connectivity index (χ2v) is 10.0. The molecule has 0 aliphatic carbocycles. The van der Waals surface area contributed by atoms with E-state index in [1.165, 1.54) is 0 Å². The van der Waals surface area contributed by atoms with Gasteiger partial charge in [0.05, 0.1) is 5.75 Å². The van der Waals surface area contributed by atoms with Crippen LogP contribution in [0.5, 0.6) is 0 Å². The van der Waals surface area contributed by atoms with Crippen molar-refractivity contribution in [2.75, 3.05) is 18.8 Å². The summed E-state index contributed by atoms with van der Waals surface area (Å²) in [5, 5.41) is 0. The molecule has 7 heteroatoms. The summed E-state index contributed by atoms with van der Waals surface area (Å²) >= 11 is 0.